The second-order valence-corrected chi connectivity index (χ2v) is 9.46. The van der Waals surface area contributed by atoms with E-state index in [0.29, 0.717) is 23.6 Å². The molecule has 2 heterocycles. The van der Waals surface area contributed by atoms with Gasteiger partial charge in [0.15, 0.2) is 0 Å². The van der Waals surface area contributed by atoms with Crippen molar-refractivity contribution in [2.75, 3.05) is 36.4 Å². The lowest BCUT2D eigenvalue weighted by Crippen LogP contribution is -2.48. The number of para-hydroxylation sites is 1. The third-order valence-electron chi connectivity index (χ3n) is 5.77. The van der Waals surface area contributed by atoms with Crippen LogP contribution in [0.2, 0.25) is 5.02 Å². The first-order valence-corrected chi connectivity index (χ1v) is 12.0. The number of hydrogen-bond donors (Lipinski definition) is 1. The van der Waals surface area contributed by atoms with E-state index in [4.69, 9.17) is 11.6 Å². The predicted octanol–water partition coefficient (Wildman–Crippen LogP) is 5.39. The summed E-state index contributed by atoms with van der Waals surface area (Å²) in [6.45, 7) is 2.86. The Morgan fingerprint density at radius 3 is 2.45 bits per heavy atom. The number of fused-ring (bicyclic) bond motifs is 1. The fraction of sp³-hybridized carbons (Fsp3) is 0.154. The summed E-state index contributed by atoms with van der Waals surface area (Å²) in [6, 6.07) is 23.0. The van der Waals surface area contributed by atoms with Crippen LogP contribution in [0.25, 0.3) is 6.08 Å². The van der Waals surface area contributed by atoms with Crippen molar-refractivity contribution in [3.8, 4) is 0 Å². The van der Waals surface area contributed by atoms with E-state index < -0.39 is 0 Å². The average molecular weight is 476 g/mol. The van der Waals surface area contributed by atoms with Crippen LogP contribution in [0.4, 0.5) is 11.4 Å². The van der Waals surface area contributed by atoms with Crippen molar-refractivity contribution >= 4 is 52.6 Å². The van der Waals surface area contributed by atoms with Crippen molar-refractivity contribution in [1.29, 1.82) is 0 Å². The quantitative estimate of drug-likeness (QED) is 0.516. The summed E-state index contributed by atoms with van der Waals surface area (Å²) in [7, 11) is 0. The highest BCUT2D eigenvalue weighted by molar-refractivity contribution is 8.04. The minimum absolute atomic E-state index is 0.0265. The number of amides is 2. The van der Waals surface area contributed by atoms with Crippen molar-refractivity contribution in [1.82, 2.24) is 4.90 Å². The molecule has 166 valence electrons. The number of anilines is 2. The smallest absolute Gasteiger partial charge is 0.262 e. The maximum Gasteiger partial charge on any atom is 0.262 e. The Labute approximate surface area is 202 Å². The molecule has 0 radical (unpaired) electrons. The van der Waals surface area contributed by atoms with Gasteiger partial charge in [0.1, 0.15) is 0 Å². The van der Waals surface area contributed by atoms with Gasteiger partial charge in [0.25, 0.3) is 11.8 Å². The molecule has 0 aliphatic carbocycles. The number of halogens is 1. The van der Waals surface area contributed by atoms with Gasteiger partial charge in [0.05, 0.1) is 10.6 Å². The van der Waals surface area contributed by atoms with Crippen LogP contribution < -0.4 is 10.2 Å². The van der Waals surface area contributed by atoms with E-state index in [9.17, 15) is 9.59 Å². The zero-order valence-corrected chi connectivity index (χ0v) is 19.4. The van der Waals surface area contributed by atoms with Crippen molar-refractivity contribution in [2.45, 2.75) is 4.90 Å². The number of hydrogen-bond acceptors (Lipinski definition) is 4. The van der Waals surface area contributed by atoms with Crippen molar-refractivity contribution in [3.05, 3.63) is 93.9 Å². The van der Waals surface area contributed by atoms with E-state index in [1.807, 2.05) is 83.8 Å². The normalized spacial score (nSPS) is 17.0. The third-order valence-corrected chi connectivity index (χ3v) is 7.11. The van der Waals surface area contributed by atoms with E-state index in [-0.39, 0.29) is 11.8 Å². The molecule has 0 spiro atoms. The molecule has 3 aromatic rings. The van der Waals surface area contributed by atoms with Gasteiger partial charge in [-0.2, -0.15) is 0 Å². The number of benzene rings is 3. The lowest BCUT2D eigenvalue weighted by atomic mass is 10.1. The molecule has 2 amide bonds. The SMILES string of the molecule is O=C1Nc2ccccc2S/C1=C/c1ccc(C(=O)N2CCN(c3cccc(Cl)c3)CC2)cc1. The summed E-state index contributed by atoms with van der Waals surface area (Å²) < 4.78 is 0. The molecule has 33 heavy (non-hydrogen) atoms. The zero-order chi connectivity index (χ0) is 22.8. The van der Waals surface area contributed by atoms with Crippen LogP contribution in [-0.4, -0.2) is 42.9 Å². The molecular formula is C26H22ClN3O2S. The van der Waals surface area contributed by atoms with E-state index >= 15 is 0 Å². The highest BCUT2D eigenvalue weighted by Gasteiger charge is 2.23. The van der Waals surface area contributed by atoms with Gasteiger partial charge >= 0.3 is 0 Å². The molecule has 1 fully saturated rings. The highest BCUT2D eigenvalue weighted by Crippen LogP contribution is 2.38. The molecule has 5 rings (SSSR count). The average Bonchev–Trinajstić information content (AvgIpc) is 2.85. The van der Waals surface area contributed by atoms with E-state index in [2.05, 4.69) is 10.2 Å². The number of piperazine rings is 1. The first-order chi connectivity index (χ1) is 16.1. The number of nitrogens with zero attached hydrogens (tertiary/aromatic N) is 2. The Hall–Kier alpha value is -3.22. The van der Waals surface area contributed by atoms with Crippen LogP contribution in [-0.2, 0) is 4.79 Å². The third kappa shape index (κ3) is 4.77. The molecule has 2 aliphatic heterocycles. The monoisotopic (exact) mass is 475 g/mol. The van der Waals surface area contributed by atoms with Gasteiger partial charge in [0.2, 0.25) is 0 Å². The molecule has 2 aliphatic rings. The lowest BCUT2D eigenvalue weighted by molar-refractivity contribution is -0.112. The van der Waals surface area contributed by atoms with Gasteiger partial charge in [0, 0.05) is 47.3 Å². The summed E-state index contributed by atoms with van der Waals surface area (Å²) in [6.07, 6.45) is 1.86. The summed E-state index contributed by atoms with van der Waals surface area (Å²) >= 11 is 7.56. The molecule has 5 nitrogen and oxygen atoms in total. The molecule has 0 bridgehead atoms. The van der Waals surface area contributed by atoms with E-state index in [1.165, 1.54) is 11.8 Å². The largest absolute Gasteiger partial charge is 0.368 e. The fourth-order valence-corrected chi connectivity index (χ4v) is 5.13. The Bertz CT molecular complexity index is 1230. The summed E-state index contributed by atoms with van der Waals surface area (Å²) in [5.74, 6) is -0.0879. The predicted molar refractivity (Wildman–Crippen MR) is 135 cm³/mol. The standard InChI is InChI=1S/C26H22ClN3O2S/c27-20-4-3-5-21(17-20)29-12-14-30(15-13-29)26(32)19-10-8-18(9-11-19)16-24-25(31)28-22-6-1-2-7-23(22)33-24/h1-11,16-17H,12-15H2,(H,28,31)/b24-16+. The number of carbonyl (C=O) groups is 2. The van der Waals surface area contributed by atoms with Crippen molar-refractivity contribution < 1.29 is 9.59 Å². The van der Waals surface area contributed by atoms with Crippen molar-refractivity contribution in [2.24, 2.45) is 0 Å². The Morgan fingerprint density at radius 2 is 1.70 bits per heavy atom. The Morgan fingerprint density at radius 1 is 0.939 bits per heavy atom. The van der Waals surface area contributed by atoms with E-state index in [0.717, 1.165) is 39.9 Å². The topological polar surface area (TPSA) is 52.7 Å². The van der Waals surface area contributed by atoms with Gasteiger partial charge in [-0.25, -0.2) is 0 Å². The van der Waals surface area contributed by atoms with Gasteiger partial charge in [-0.1, -0.05) is 53.7 Å². The number of thioether (sulfide) groups is 1. The summed E-state index contributed by atoms with van der Waals surface area (Å²) in [5, 5.41) is 3.64. The van der Waals surface area contributed by atoms with Gasteiger partial charge in [-0.3, -0.25) is 9.59 Å². The second kappa shape index (κ2) is 9.33. The van der Waals surface area contributed by atoms with Crippen LogP contribution in [0.15, 0.2) is 82.6 Å². The van der Waals surface area contributed by atoms with Gasteiger partial charge < -0.3 is 15.1 Å². The van der Waals surface area contributed by atoms with E-state index in [1.54, 1.807) is 0 Å². The number of nitrogens with one attached hydrogen (secondary N) is 1. The minimum atomic E-state index is -0.114. The molecule has 0 atom stereocenters. The first-order valence-electron chi connectivity index (χ1n) is 10.8. The number of rotatable bonds is 3. The van der Waals surface area contributed by atoms with Crippen LogP contribution in [0.3, 0.4) is 0 Å². The van der Waals surface area contributed by atoms with Gasteiger partial charge in [-0.05, 0) is 54.1 Å². The summed E-state index contributed by atoms with van der Waals surface area (Å²) in [5.41, 5.74) is 3.45. The maximum absolute atomic E-state index is 13.0. The Kier molecular flexibility index (Phi) is 6.11. The second-order valence-electron chi connectivity index (χ2n) is 7.94. The van der Waals surface area contributed by atoms with Crippen LogP contribution in [0, 0.1) is 0 Å². The lowest BCUT2D eigenvalue weighted by Gasteiger charge is -2.36. The van der Waals surface area contributed by atoms with Crippen LogP contribution in [0.5, 0.6) is 0 Å². The maximum atomic E-state index is 13.0. The minimum Gasteiger partial charge on any atom is -0.368 e. The molecule has 0 aromatic heterocycles. The highest BCUT2D eigenvalue weighted by atomic mass is 35.5. The zero-order valence-electron chi connectivity index (χ0n) is 17.8. The fourth-order valence-electron chi connectivity index (χ4n) is 4.00. The van der Waals surface area contributed by atoms with Crippen LogP contribution >= 0.6 is 23.4 Å². The molecule has 1 N–H and O–H groups in total. The van der Waals surface area contributed by atoms with Gasteiger partial charge in [-0.15, -0.1) is 0 Å². The summed E-state index contributed by atoms with van der Waals surface area (Å²) in [4.78, 5) is 31.2. The van der Waals surface area contributed by atoms with Crippen LogP contribution in [0.1, 0.15) is 15.9 Å². The molecule has 1 saturated heterocycles. The Balaban J connectivity index is 1.23. The molecule has 7 heteroatoms. The molecule has 0 saturated carbocycles. The molecule has 3 aromatic carbocycles. The van der Waals surface area contributed by atoms with Crippen molar-refractivity contribution in [3.63, 3.8) is 0 Å². The first kappa shape index (κ1) is 21.6. The number of carbonyl (C=O) groups excluding carboxylic acids is 2. The molecule has 0 unspecified atom stereocenters. The molecular weight excluding hydrogens is 454 g/mol.